The number of carbonyl (C=O) groups is 1. The first-order valence-corrected chi connectivity index (χ1v) is 9.25. The molecule has 1 heterocycles. The quantitative estimate of drug-likeness (QED) is 0.699. The van der Waals surface area contributed by atoms with Gasteiger partial charge >= 0.3 is 0 Å². The molecule has 4 rings (SSSR count). The van der Waals surface area contributed by atoms with Crippen LogP contribution < -0.4 is 10.2 Å². The van der Waals surface area contributed by atoms with E-state index >= 15 is 0 Å². The summed E-state index contributed by atoms with van der Waals surface area (Å²) in [6.45, 7) is 4.95. The van der Waals surface area contributed by atoms with Crippen molar-refractivity contribution in [2.24, 2.45) is 0 Å². The molecule has 0 spiro atoms. The molecular formula is C23H24N2O. The molecule has 0 amide bonds. The Labute approximate surface area is 154 Å². The monoisotopic (exact) mass is 344 g/mol. The maximum absolute atomic E-state index is 11.5. The predicted molar refractivity (Wildman–Crippen MR) is 108 cm³/mol. The number of nitrogens with zero attached hydrogens (tertiary/aromatic N) is 1. The highest BCUT2D eigenvalue weighted by Gasteiger charge is 2.22. The van der Waals surface area contributed by atoms with Crippen molar-refractivity contribution in [1.29, 1.82) is 0 Å². The lowest BCUT2D eigenvalue weighted by Crippen LogP contribution is -2.32. The standard InChI is InChI=1S/C23H24N2O/c1-17-7-8-19-9-10-21(13-22(19)23(17)16-26)25-12-11-20(15-25)24-14-18-5-3-2-4-6-18/h2-10,13,16,20,24H,11-12,14-15H2,1H3. The van der Waals surface area contributed by atoms with E-state index in [1.165, 1.54) is 11.3 Å². The maximum atomic E-state index is 11.5. The van der Waals surface area contributed by atoms with Gasteiger partial charge in [-0.1, -0.05) is 48.5 Å². The summed E-state index contributed by atoms with van der Waals surface area (Å²) in [4.78, 5) is 13.9. The van der Waals surface area contributed by atoms with E-state index in [2.05, 4.69) is 64.8 Å². The molecule has 0 bridgehead atoms. The van der Waals surface area contributed by atoms with Crippen LogP contribution in [0.4, 0.5) is 5.69 Å². The van der Waals surface area contributed by atoms with Crippen LogP contribution in [0, 0.1) is 6.92 Å². The Morgan fingerprint density at radius 1 is 1.12 bits per heavy atom. The van der Waals surface area contributed by atoms with Crippen molar-refractivity contribution in [2.45, 2.75) is 25.9 Å². The van der Waals surface area contributed by atoms with Gasteiger partial charge < -0.3 is 10.2 Å². The molecule has 26 heavy (non-hydrogen) atoms. The average molecular weight is 344 g/mol. The molecule has 1 aliphatic rings. The van der Waals surface area contributed by atoms with Crippen molar-refractivity contribution in [3.63, 3.8) is 0 Å². The fraction of sp³-hybridized carbons (Fsp3) is 0.261. The Bertz CT molecular complexity index is 920. The number of aryl methyl sites for hydroxylation is 1. The number of anilines is 1. The molecule has 1 aliphatic heterocycles. The molecule has 1 saturated heterocycles. The molecule has 3 nitrogen and oxygen atoms in total. The Kier molecular flexibility index (Phi) is 4.72. The summed E-state index contributed by atoms with van der Waals surface area (Å²) in [5.41, 5.74) is 4.37. The zero-order chi connectivity index (χ0) is 17.9. The van der Waals surface area contributed by atoms with Gasteiger partial charge in [-0.3, -0.25) is 4.79 Å². The SMILES string of the molecule is Cc1ccc2ccc(N3CCC(NCc4ccccc4)C3)cc2c1C=O. The summed E-state index contributed by atoms with van der Waals surface area (Å²) in [6, 6.07) is 21.6. The van der Waals surface area contributed by atoms with E-state index in [0.29, 0.717) is 6.04 Å². The Hall–Kier alpha value is -2.65. The summed E-state index contributed by atoms with van der Waals surface area (Å²) in [5.74, 6) is 0. The summed E-state index contributed by atoms with van der Waals surface area (Å²) in [7, 11) is 0. The first-order valence-electron chi connectivity index (χ1n) is 9.25. The Morgan fingerprint density at radius 2 is 1.92 bits per heavy atom. The van der Waals surface area contributed by atoms with Crippen molar-refractivity contribution in [3.05, 3.63) is 77.4 Å². The highest BCUT2D eigenvalue weighted by molar-refractivity contribution is 6.00. The number of hydrogen-bond acceptors (Lipinski definition) is 3. The number of aldehydes is 1. The minimum Gasteiger partial charge on any atom is -0.370 e. The van der Waals surface area contributed by atoms with Crippen molar-refractivity contribution in [2.75, 3.05) is 18.0 Å². The zero-order valence-corrected chi connectivity index (χ0v) is 15.1. The van der Waals surface area contributed by atoms with Gasteiger partial charge in [-0.05, 0) is 47.4 Å². The van der Waals surface area contributed by atoms with Gasteiger partial charge in [-0.25, -0.2) is 0 Å². The Balaban J connectivity index is 1.49. The molecule has 132 valence electrons. The smallest absolute Gasteiger partial charge is 0.150 e. The van der Waals surface area contributed by atoms with Crippen LogP contribution in [-0.2, 0) is 6.54 Å². The molecule has 0 aliphatic carbocycles. The number of nitrogens with one attached hydrogen (secondary N) is 1. The number of carbonyl (C=O) groups excluding carboxylic acids is 1. The summed E-state index contributed by atoms with van der Waals surface area (Å²) in [5, 5.41) is 5.85. The van der Waals surface area contributed by atoms with Gasteiger partial charge in [0.1, 0.15) is 0 Å². The molecule has 0 saturated carbocycles. The average Bonchev–Trinajstić information content (AvgIpc) is 3.16. The molecular weight excluding hydrogens is 320 g/mol. The predicted octanol–water partition coefficient (Wildman–Crippen LogP) is 4.33. The largest absolute Gasteiger partial charge is 0.370 e. The summed E-state index contributed by atoms with van der Waals surface area (Å²) in [6.07, 6.45) is 2.12. The molecule has 1 N–H and O–H groups in total. The minimum absolute atomic E-state index is 0.494. The van der Waals surface area contributed by atoms with Crippen LogP contribution in [0.15, 0.2) is 60.7 Å². The van der Waals surface area contributed by atoms with Crippen LogP contribution >= 0.6 is 0 Å². The maximum Gasteiger partial charge on any atom is 0.150 e. The molecule has 3 heteroatoms. The third-order valence-electron chi connectivity index (χ3n) is 5.37. The molecule has 3 aromatic carbocycles. The lowest BCUT2D eigenvalue weighted by molar-refractivity contribution is 0.112. The molecule has 1 atom stereocenters. The highest BCUT2D eigenvalue weighted by Crippen LogP contribution is 2.28. The normalized spacial score (nSPS) is 17.0. The van der Waals surface area contributed by atoms with E-state index < -0.39 is 0 Å². The van der Waals surface area contributed by atoms with Crippen LogP contribution in [0.1, 0.15) is 27.9 Å². The van der Waals surface area contributed by atoms with Gasteiger partial charge in [-0.2, -0.15) is 0 Å². The van der Waals surface area contributed by atoms with E-state index in [0.717, 1.165) is 54.2 Å². The van der Waals surface area contributed by atoms with Gasteiger partial charge in [0.25, 0.3) is 0 Å². The van der Waals surface area contributed by atoms with E-state index in [1.807, 2.05) is 13.0 Å². The topological polar surface area (TPSA) is 32.3 Å². The molecule has 1 unspecified atom stereocenters. The second-order valence-electron chi connectivity index (χ2n) is 7.12. The van der Waals surface area contributed by atoms with E-state index in [9.17, 15) is 4.79 Å². The van der Waals surface area contributed by atoms with Gasteiger partial charge in [-0.15, -0.1) is 0 Å². The fourth-order valence-electron chi connectivity index (χ4n) is 3.81. The minimum atomic E-state index is 0.494. The third kappa shape index (κ3) is 3.35. The number of benzene rings is 3. The van der Waals surface area contributed by atoms with Crippen molar-refractivity contribution in [3.8, 4) is 0 Å². The van der Waals surface area contributed by atoms with Crippen LogP contribution in [-0.4, -0.2) is 25.4 Å². The van der Waals surface area contributed by atoms with Crippen LogP contribution in [0.3, 0.4) is 0 Å². The number of rotatable bonds is 5. The van der Waals surface area contributed by atoms with Crippen molar-refractivity contribution in [1.82, 2.24) is 5.32 Å². The third-order valence-corrected chi connectivity index (χ3v) is 5.37. The molecule has 0 aromatic heterocycles. The summed E-state index contributed by atoms with van der Waals surface area (Å²) >= 11 is 0. The molecule has 1 fully saturated rings. The fourth-order valence-corrected chi connectivity index (χ4v) is 3.81. The second-order valence-corrected chi connectivity index (χ2v) is 7.12. The van der Waals surface area contributed by atoms with Gasteiger partial charge in [0.05, 0.1) is 0 Å². The second kappa shape index (κ2) is 7.30. The number of hydrogen-bond donors (Lipinski definition) is 1. The van der Waals surface area contributed by atoms with Gasteiger partial charge in [0.15, 0.2) is 6.29 Å². The van der Waals surface area contributed by atoms with Gasteiger partial charge in [0.2, 0.25) is 0 Å². The van der Waals surface area contributed by atoms with Crippen molar-refractivity contribution >= 4 is 22.7 Å². The van der Waals surface area contributed by atoms with E-state index in [1.54, 1.807) is 0 Å². The van der Waals surface area contributed by atoms with Gasteiger partial charge in [0, 0.05) is 36.9 Å². The van der Waals surface area contributed by atoms with Crippen LogP contribution in [0.2, 0.25) is 0 Å². The highest BCUT2D eigenvalue weighted by atomic mass is 16.1. The van der Waals surface area contributed by atoms with Crippen LogP contribution in [0.25, 0.3) is 10.8 Å². The lowest BCUT2D eigenvalue weighted by Gasteiger charge is -2.20. The molecule has 3 aromatic rings. The number of fused-ring (bicyclic) bond motifs is 1. The summed E-state index contributed by atoms with van der Waals surface area (Å²) < 4.78 is 0. The first kappa shape index (κ1) is 16.8. The Morgan fingerprint density at radius 3 is 2.73 bits per heavy atom. The van der Waals surface area contributed by atoms with Crippen molar-refractivity contribution < 1.29 is 4.79 Å². The molecule has 0 radical (unpaired) electrons. The first-order chi connectivity index (χ1) is 12.7. The zero-order valence-electron chi connectivity index (χ0n) is 15.1. The van der Waals surface area contributed by atoms with Crippen LogP contribution in [0.5, 0.6) is 0 Å². The van der Waals surface area contributed by atoms with E-state index in [-0.39, 0.29) is 0 Å². The van der Waals surface area contributed by atoms with E-state index in [4.69, 9.17) is 0 Å². The lowest BCUT2D eigenvalue weighted by atomic mass is 10.00.